The van der Waals surface area contributed by atoms with Crippen LogP contribution in [0, 0.1) is 5.92 Å². The van der Waals surface area contributed by atoms with Gasteiger partial charge in [-0.15, -0.1) is 11.8 Å². The van der Waals surface area contributed by atoms with Crippen LogP contribution in [0.5, 0.6) is 0 Å². The number of rotatable bonds is 6. The number of ether oxygens (including phenoxy) is 1. The van der Waals surface area contributed by atoms with Gasteiger partial charge in [-0.25, -0.2) is 4.79 Å². The number of aromatic carboxylic acids is 1. The van der Waals surface area contributed by atoms with E-state index in [0.717, 1.165) is 30.2 Å². The molecule has 1 aromatic rings. The van der Waals surface area contributed by atoms with Crippen molar-refractivity contribution in [2.75, 3.05) is 24.2 Å². The summed E-state index contributed by atoms with van der Waals surface area (Å²) in [5, 5.41) is 12.7. The van der Waals surface area contributed by atoms with Gasteiger partial charge in [-0.05, 0) is 31.2 Å². The molecule has 1 aliphatic heterocycles. The molecule has 0 aliphatic carbocycles. The average molecular weight is 295 g/mol. The van der Waals surface area contributed by atoms with Crippen molar-refractivity contribution < 1.29 is 14.6 Å². The van der Waals surface area contributed by atoms with Gasteiger partial charge in [0.05, 0.1) is 11.7 Å². The molecule has 0 amide bonds. The van der Waals surface area contributed by atoms with E-state index >= 15 is 0 Å². The Kier molecular flexibility index (Phi) is 5.31. The van der Waals surface area contributed by atoms with E-state index in [9.17, 15) is 9.90 Å². The topological polar surface area (TPSA) is 58.6 Å². The number of carboxylic acid groups (broad SMARTS) is 1. The van der Waals surface area contributed by atoms with Crippen LogP contribution in [-0.2, 0) is 4.74 Å². The van der Waals surface area contributed by atoms with Crippen LogP contribution >= 0.6 is 11.8 Å². The smallest absolute Gasteiger partial charge is 0.338 e. The van der Waals surface area contributed by atoms with E-state index in [1.54, 1.807) is 11.8 Å². The van der Waals surface area contributed by atoms with Gasteiger partial charge in [-0.1, -0.05) is 13.0 Å². The second-order valence-electron chi connectivity index (χ2n) is 4.92. The summed E-state index contributed by atoms with van der Waals surface area (Å²) in [6, 6.07) is 5.61. The van der Waals surface area contributed by atoms with Crippen LogP contribution in [0.1, 0.15) is 30.6 Å². The minimum Gasteiger partial charge on any atom is -0.478 e. The van der Waals surface area contributed by atoms with Crippen LogP contribution in [0.3, 0.4) is 0 Å². The molecule has 20 heavy (non-hydrogen) atoms. The maximum atomic E-state index is 11.5. The van der Waals surface area contributed by atoms with Gasteiger partial charge in [0, 0.05) is 29.7 Å². The number of benzene rings is 1. The summed E-state index contributed by atoms with van der Waals surface area (Å²) in [4.78, 5) is 12.3. The number of anilines is 1. The van der Waals surface area contributed by atoms with Crippen LogP contribution in [0.15, 0.2) is 23.1 Å². The van der Waals surface area contributed by atoms with Crippen molar-refractivity contribution in [1.29, 1.82) is 0 Å². The molecule has 1 aliphatic rings. The molecule has 1 aromatic carbocycles. The molecule has 2 rings (SSSR count). The molecule has 110 valence electrons. The maximum Gasteiger partial charge on any atom is 0.338 e. The lowest BCUT2D eigenvalue weighted by atomic mass is 10.0. The number of hydrogen-bond acceptors (Lipinski definition) is 4. The van der Waals surface area contributed by atoms with Gasteiger partial charge < -0.3 is 15.2 Å². The Morgan fingerprint density at radius 2 is 2.35 bits per heavy atom. The summed E-state index contributed by atoms with van der Waals surface area (Å²) in [5.74, 6) is 0.427. The number of nitrogens with one attached hydrogen (secondary N) is 1. The van der Waals surface area contributed by atoms with Crippen molar-refractivity contribution in [3.8, 4) is 0 Å². The Hall–Kier alpha value is -1.20. The zero-order valence-corrected chi connectivity index (χ0v) is 12.7. The Labute approximate surface area is 123 Å². The Balaban J connectivity index is 2.13. The molecule has 2 N–H and O–H groups in total. The third kappa shape index (κ3) is 3.46. The SMILES string of the molecule is CCSc1cccc(NCC2CCOC2C)c1C(=O)O. The summed E-state index contributed by atoms with van der Waals surface area (Å²) < 4.78 is 5.53. The Morgan fingerprint density at radius 3 is 2.95 bits per heavy atom. The predicted octanol–water partition coefficient (Wildman–Crippen LogP) is 3.33. The molecule has 0 spiro atoms. The second-order valence-corrected chi connectivity index (χ2v) is 6.23. The standard InChI is InChI=1S/C15H21NO3S/c1-3-20-13-6-4-5-12(14(13)15(17)18)16-9-11-7-8-19-10(11)2/h4-6,10-11,16H,3,7-9H2,1-2H3,(H,17,18). The number of carboxylic acids is 1. The van der Waals surface area contributed by atoms with Crippen molar-refractivity contribution in [3.05, 3.63) is 23.8 Å². The van der Waals surface area contributed by atoms with Crippen molar-refractivity contribution in [3.63, 3.8) is 0 Å². The van der Waals surface area contributed by atoms with Crippen molar-refractivity contribution >= 4 is 23.4 Å². The van der Waals surface area contributed by atoms with E-state index in [-0.39, 0.29) is 6.10 Å². The van der Waals surface area contributed by atoms with Gasteiger partial charge in [0.2, 0.25) is 0 Å². The summed E-state index contributed by atoms with van der Waals surface area (Å²) in [6.07, 6.45) is 1.27. The van der Waals surface area contributed by atoms with E-state index in [0.29, 0.717) is 17.2 Å². The summed E-state index contributed by atoms with van der Waals surface area (Å²) in [7, 11) is 0. The molecule has 2 unspecified atom stereocenters. The molecular weight excluding hydrogens is 274 g/mol. The van der Waals surface area contributed by atoms with E-state index in [4.69, 9.17) is 4.74 Å². The number of carbonyl (C=O) groups is 1. The van der Waals surface area contributed by atoms with Crippen LogP contribution in [0.2, 0.25) is 0 Å². The van der Waals surface area contributed by atoms with Gasteiger partial charge in [-0.3, -0.25) is 0 Å². The highest BCUT2D eigenvalue weighted by Crippen LogP contribution is 2.29. The van der Waals surface area contributed by atoms with Gasteiger partial charge >= 0.3 is 5.97 Å². The van der Waals surface area contributed by atoms with Crippen molar-refractivity contribution in [2.24, 2.45) is 5.92 Å². The van der Waals surface area contributed by atoms with Gasteiger partial charge in [-0.2, -0.15) is 0 Å². The lowest BCUT2D eigenvalue weighted by Crippen LogP contribution is -2.21. The lowest BCUT2D eigenvalue weighted by Gasteiger charge is -2.18. The Bertz CT molecular complexity index is 478. The van der Waals surface area contributed by atoms with E-state index < -0.39 is 5.97 Å². The monoisotopic (exact) mass is 295 g/mol. The largest absolute Gasteiger partial charge is 0.478 e. The van der Waals surface area contributed by atoms with E-state index in [2.05, 4.69) is 12.2 Å². The summed E-state index contributed by atoms with van der Waals surface area (Å²) >= 11 is 1.56. The highest BCUT2D eigenvalue weighted by Gasteiger charge is 2.24. The molecular formula is C15H21NO3S. The van der Waals surface area contributed by atoms with Gasteiger partial charge in [0.25, 0.3) is 0 Å². The molecule has 4 nitrogen and oxygen atoms in total. The average Bonchev–Trinajstić information content (AvgIpc) is 2.82. The fourth-order valence-corrected chi connectivity index (χ4v) is 3.29. The zero-order chi connectivity index (χ0) is 14.5. The summed E-state index contributed by atoms with van der Waals surface area (Å²) in [5.41, 5.74) is 1.08. The van der Waals surface area contributed by atoms with E-state index in [1.165, 1.54) is 0 Å². The predicted molar refractivity (Wildman–Crippen MR) is 81.8 cm³/mol. The maximum absolute atomic E-state index is 11.5. The summed E-state index contributed by atoms with van der Waals surface area (Å²) in [6.45, 7) is 5.64. The highest BCUT2D eigenvalue weighted by molar-refractivity contribution is 7.99. The van der Waals surface area contributed by atoms with Crippen molar-refractivity contribution in [2.45, 2.75) is 31.3 Å². The Morgan fingerprint density at radius 1 is 1.55 bits per heavy atom. The van der Waals surface area contributed by atoms with Gasteiger partial charge in [0.1, 0.15) is 0 Å². The van der Waals surface area contributed by atoms with Crippen molar-refractivity contribution in [1.82, 2.24) is 0 Å². The van der Waals surface area contributed by atoms with Gasteiger partial charge in [0.15, 0.2) is 0 Å². The van der Waals surface area contributed by atoms with Crippen LogP contribution in [0.25, 0.3) is 0 Å². The minimum absolute atomic E-state index is 0.240. The quantitative estimate of drug-likeness (QED) is 0.788. The molecule has 0 aromatic heterocycles. The molecule has 0 saturated carbocycles. The minimum atomic E-state index is -0.875. The lowest BCUT2D eigenvalue weighted by molar-refractivity contribution is 0.0694. The fraction of sp³-hybridized carbons (Fsp3) is 0.533. The van der Waals surface area contributed by atoms with Crippen LogP contribution in [-0.4, -0.2) is 36.1 Å². The highest BCUT2D eigenvalue weighted by atomic mass is 32.2. The molecule has 0 radical (unpaired) electrons. The zero-order valence-electron chi connectivity index (χ0n) is 11.9. The third-order valence-electron chi connectivity index (χ3n) is 3.63. The normalized spacial score (nSPS) is 21.9. The fourth-order valence-electron chi connectivity index (χ4n) is 2.46. The molecule has 1 heterocycles. The third-order valence-corrected chi connectivity index (χ3v) is 4.57. The molecule has 1 fully saturated rings. The van der Waals surface area contributed by atoms with E-state index in [1.807, 2.05) is 25.1 Å². The second kappa shape index (κ2) is 6.99. The molecule has 2 atom stereocenters. The number of hydrogen-bond donors (Lipinski definition) is 2. The first-order valence-corrected chi connectivity index (χ1v) is 7.96. The number of thioether (sulfide) groups is 1. The first-order chi connectivity index (χ1) is 9.63. The van der Waals surface area contributed by atoms with Crippen LogP contribution < -0.4 is 5.32 Å². The first kappa shape index (κ1) is 15.2. The molecule has 0 bridgehead atoms. The van der Waals surface area contributed by atoms with Crippen LogP contribution in [0.4, 0.5) is 5.69 Å². The first-order valence-electron chi connectivity index (χ1n) is 6.98. The molecule has 5 heteroatoms. The molecule has 1 saturated heterocycles.